The van der Waals surface area contributed by atoms with E-state index in [4.69, 9.17) is 0 Å². The van der Waals surface area contributed by atoms with Crippen molar-refractivity contribution >= 4 is 17.7 Å². The third-order valence-electron chi connectivity index (χ3n) is 4.69. The fourth-order valence-electron chi connectivity index (χ4n) is 3.15. The molecule has 0 spiro atoms. The van der Waals surface area contributed by atoms with Crippen molar-refractivity contribution in [1.82, 2.24) is 5.32 Å². The largest absolute Gasteiger partial charge is 0.349 e. The Bertz CT molecular complexity index is 698. The summed E-state index contributed by atoms with van der Waals surface area (Å²) in [7, 11) is 0. The molecule has 1 aliphatic rings. The minimum Gasteiger partial charge on any atom is -0.349 e. The number of fused-ring (bicyclic) bond motifs is 1. The Balaban J connectivity index is 1.53. The third kappa shape index (κ3) is 4.21. The predicted octanol–water partition coefficient (Wildman–Crippen LogP) is 4.67. The molecule has 1 aliphatic carbocycles. The number of thioether (sulfide) groups is 1. The number of hydrogen-bond acceptors (Lipinski definition) is 2. The molecule has 0 aliphatic heterocycles. The number of amides is 1. The van der Waals surface area contributed by atoms with E-state index >= 15 is 0 Å². The zero-order chi connectivity index (χ0) is 16.9. The van der Waals surface area contributed by atoms with Gasteiger partial charge in [-0.05, 0) is 55.4 Å². The van der Waals surface area contributed by atoms with Crippen LogP contribution in [0.4, 0.5) is 0 Å². The molecule has 1 N–H and O–H groups in total. The summed E-state index contributed by atoms with van der Waals surface area (Å²) >= 11 is 1.68. The summed E-state index contributed by atoms with van der Waals surface area (Å²) < 4.78 is 0. The molecule has 0 saturated heterocycles. The molecule has 0 saturated carbocycles. The van der Waals surface area contributed by atoms with Crippen molar-refractivity contribution < 1.29 is 4.79 Å². The molecule has 2 aromatic rings. The van der Waals surface area contributed by atoms with Crippen LogP contribution in [-0.2, 0) is 23.4 Å². The summed E-state index contributed by atoms with van der Waals surface area (Å²) in [5, 5.41) is 3.11. The van der Waals surface area contributed by atoms with Crippen molar-refractivity contribution in [1.29, 1.82) is 0 Å². The summed E-state index contributed by atoms with van der Waals surface area (Å²) in [4.78, 5) is 12.4. The second kappa shape index (κ2) is 7.89. The van der Waals surface area contributed by atoms with E-state index < -0.39 is 0 Å². The maximum Gasteiger partial charge on any atom is 0.233 e. The number of nitrogens with one attached hydrogen (secondary N) is 1. The standard InChI is InChI=1S/C21H25NOS/c1-15(19-12-11-18-9-6-10-20(18)13-19)22-21(23)16(2)24-14-17-7-4-3-5-8-17/h3-5,7-8,11-13,15-16H,6,9-10,14H2,1-2H3,(H,22,23)/t15-,16-/m1/s1. The van der Waals surface area contributed by atoms with Crippen LogP contribution in [0, 0.1) is 0 Å². The maximum absolute atomic E-state index is 12.4. The number of hydrogen-bond donors (Lipinski definition) is 1. The minimum atomic E-state index is -0.0536. The van der Waals surface area contributed by atoms with Crippen LogP contribution >= 0.6 is 11.8 Å². The number of carbonyl (C=O) groups is 1. The molecular formula is C21H25NOS. The Morgan fingerprint density at radius 2 is 1.83 bits per heavy atom. The van der Waals surface area contributed by atoms with Gasteiger partial charge in [0.25, 0.3) is 0 Å². The summed E-state index contributed by atoms with van der Waals surface area (Å²) in [6.45, 7) is 4.06. The van der Waals surface area contributed by atoms with Crippen molar-refractivity contribution in [2.45, 2.75) is 50.2 Å². The lowest BCUT2D eigenvalue weighted by atomic mass is 10.0. The quantitative estimate of drug-likeness (QED) is 0.828. The molecule has 0 fully saturated rings. The Labute approximate surface area is 149 Å². The van der Waals surface area contributed by atoms with Gasteiger partial charge in [0.1, 0.15) is 0 Å². The molecular weight excluding hydrogens is 314 g/mol. The molecule has 3 rings (SSSR count). The average molecular weight is 340 g/mol. The predicted molar refractivity (Wildman–Crippen MR) is 102 cm³/mol. The molecule has 0 radical (unpaired) electrons. The van der Waals surface area contributed by atoms with Gasteiger partial charge in [0.15, 0.2) is 0 Å². The van der Waals surface area contributed by atoms with Crippen molar-refractivity contribution in [3.63, 3.8) is 0 Å². The first kappa shape index (κ1) is 17.1. The Morgan fingerprint density at radius 1 is 1.08 bits per heavy atom. The monoisotopic (exact) mass is 339 g/mol. The lowest BCUT2D eigenvalue weighted by Gasteiger charge is -2.18. The van der Waals surface area contributed by atoms with Gasteiger partial charge in [0.05, 0.1) is 11.3 Å². The van der Waals surface area contributed by atoms with E-state index in [1.807, 2.05) is 25.1 Å². The minimum absolute atomic E-state index is 0.0536. The first-order valence-electron chi connectivity index (χ1n) is 8.71. The summed E-state index contributed by atoms with van der Waals surface area (Å²) in [5.41, 5.74) is 5.40. The van der Waals surface area contributed by atoms with Gasteiger partial charge in [0.2, 0.25) is 5.91 Å². The SMILES string of the molecule is C[C@@H](SCc1ccccc1)C(=O)N[C@H](C)c1ccc2c(c1)CCC2. The fraction of sp³-hybridized carbons (Fsp3) is 0.381. The molecule has 2 atom stereocenters. The molecule has 3 heteroatoms. The lowest BCUT2D eigenvalue weighted by molar-refractivity contribution is -0.120. The van der Waals surface area contributed by atoms with Crippen molar-refractivity contribution in [3.8, 4) is 0 Å². The highest BCUT2D eigenvalue weighted by Crippen LogP contribution is 2.26. The highest BCUT2D eigenvalue weighted by atomic mass is 32.2. The molecule has 0 heterocycles. The second-order valence-corrected chi connectivity index (χ2v) is 7.88. The molecule has 0 aromatic heterocycles. The van der Waals surface area contributed by atoms with Crippen molar-refractivity contribution in [2.24, 2.45) is 0 Å². The van der Waals surface area contributed by atoms with E-state index in [0.29, 0.717) is 0 Å². The molecule has 24 heavy (non-hydrogen) atoms. The summed E-state index contributed by atoms with van der Waals surface area (Å²) in [6, 6.07) is 17.0. The normalized spacial score (nSPS) is 15.6. The van der Waals surface area contributed by atoms with Crippen LogP contribution < -0.4 is 5.32 Å². The van der Waals surface area contributed by atoms with Gasteiger partial charge in [-0.25, -0.2) is 0 Å². The number of benzene rings is 2. The first-order chi connectivity index (χ1) is 11.6. The van der Waals surface area contributed by atoms with E-state index in [1.165, 1.54) is 41.5 Å². The van der Waals surface area contributed by atoms with Gasteiger partial charge >= 0.3 is 0 Å². The highest BCUT2D eigenvalue weighted by Gasteiger charge is 2.18. The summed E-state index contributed by atoms with van der Waals surface area (Å²) in [6.07, 6.45) is 3.63. The smallest absolute Gasteiger partial charge is 0.233 e. The van der Waals surface area contributed by atoms with E-state index in [1.54, 1.807) is 11.8 Å². The van der Waals surface area contributed by atoms with E-state index in [2.05, 4.69) is 42.6 Å². The lowest BCUT2D eigenvalue weighted by Crippen LogP contribution is -2.33. The maximum atomic E-state index is 12.4. The number of rotatable bonds is 6. The molecule has 0 unspecified atom stereocenters. The van der Waals surface area contributed by atoms with Gasteiger partial charge in [-0.3, -0.25) is 4.79 Å². The molecule has 126 valence electrons. The van der Waals surface area contributed by atoms with Gasteiger partial charge in [-0.2, -0.15) is 0 Å². The Hall–Kier alpha value is -1.74. The summed E-state index contributed by atoms with van der Waals surface area (Å²) in [5.74, 6) is 0.978. The van der Waals surface area contributed by atoms with Crippen LogP contribution in [-0.4, -0.2) is 11.2 Å². The second-order valence-electron chi connectivity index (χ2n) is 6.55. The van der Waals surface area contributed by atoms with Crippen molar-refractivity contribution in [2.75, 3.05) is 0 Å². The Kier molecular flexibility index (Phi) is 5.62. The van der Waals surface area contributed by atoms with Crippen LogP contribution in [0.3, 0.4) is 0 Å². The van der Waals surface area contributed by atoms with E-state index in [0.717, 1.165) is 5.75 Å². The van der Waals surface area contributed by atoms with Crippen LogP contribution in [0.15, 0.2) is 48.5 Å². The van der Waals surface area contributed by atoms with Gasteiger partial charge in [-0.15, -0.1) is 11.8 Å². The topological polar surface area (TPSA) is 29.1 Å². The van der Waals surface area contributed by atoms with Gasteiger partial charge < -0.3 is 5.32 Å². The zero-order valence-electron chi connectivity index (χ0n) is 14.4. The van der Waals surface area contributed by atoms with Crippen LogP contribution in [0.1, 0.15) is 48.6 Å². The molecule has 1 amide bonds. The first-order valence-corrected chi connectivity index (χ1v) is 9.76. The number of carbonyl (C=O) groups excluding carboxylic acids is 1. The van der Waals surface area contributed by atoms with E-state index in [9.17, 15) is 4.79 Å². The van der Waals surface area contributed by atoms with Crippen molar-refractivity contribution in [3.05, 3.63) is 70.8 Å². The molecule has 0 bridgehead atoms. The van der Waals surface area contributed by atoms with Gasteiger partial charge in [0, 0.05) is 5.75 Å². The van der Waals surface area contributed by atoms with Crippen LogP contribution in [0.2, 0.25) is 0 Å². The number of aryl methyl sites for hydroxylation is 2. The Morgan fingerprint density at radius 3 is 2.62 bits per heavy atom. The van der Waals surface area contributed by atoms with Crippen LogP contribution in [0.5, 0.6) is 0 Å². The zero-order valence-corrected chi connectivity index (χ0v) is 15.2. The van der Waals surface area contributed by atoms with Crippen LogP contribution in [0.25, 0.3) is 0 Å². The molecule has 2 aromatic carbocycles. The van der Waals surface area contributed by atoms with Gasteiger partial charge in [-0.1, -0.05) is 48.5 Å². The molecule has 2 nitrogen and oxygen atoms in total. The average Bonchev–Trinajstić information content (AvgIpc) is 3.08. The van der Waals surface area contributed by atoms with E-state index in [-0.39, 0.29) is 17.2 Å². The highest BCUT2D eigenvalue weighted by molar-refractivity contribution is 7.99. The third-order valence-corrected chi connectivity index (χ3v) is 5.91. The fourth-order valence-corrected chi connectivity index (χ4v) is 4.00.